The van der Waals surface area contributed by atoms with Gasteiger partial charge in [-0.3, -0.25) is 18.5 Å². The van der Waals surface area contributed by atoms with Crippen LogP contribution in [0.5, 0.6) is 11.5 Å². The normalized spacial score (nSPS) is 24.1. The quantitative estimate of drug-likeness (QED) is 0.144. The molecular formula is C34H50F3N5O11SSi2. The van der Waals surface area contributed by atoms with Gasteiger partial charge in [0.2, 0.25) is 0 Å². The molecule has 2 aliphatic heterocycles. The molecule has 2 aromatic heterocycles. The van der Waals surface area contributed by atoms with E-state index in [2.05, 4.69) is 15.3 Å². The summed E-state index contributed by atoms with van der Waals surface area (Å²) in [5, 5.41) is 8.78. The van der Waals surface area contributed by atoms with E-state index in [1.54, 1.807) is 18.2 Å². The van der Waals surface area contributed by atoms with Gasteiger partial charge in [-0.2, -0.15) is 21.6 Å². The second kappa shape index (κ2) is 15.8. The van der Waals surface area contributed by atoms with E-state index < -0.39 is 74.6 Å². The summed E-state index contributed by atoms with van der Waals surface area (Å²) in [4.78, 5) is 28.1. The summed E-state index contributed by atoms with van der Waals surface area (Å²) in [5.74, 6) is 1.01. The molecule has 312 valence electrons. The first-order chi connectivity index (χ1) is 26.0. The number of nitrogens with one attached hydrogen (secondary N) is 1. The highest BCUT2D eigenvalue weighted by atomic mass is 32.2. The first kappa shape index (κ1) is 43.7. The van der Waals surface area contributed by atoms with Gasteiger partial charge in [0.15, 0.2) is 17.9 Å². The van der Waals surface area contributed by atoms with Crippen molar-refractivity contribution in [2.45, 2.75) is 121 Å². The number of methoxy groups -OCH3 is 2. The molecule has 0 amide bonds. The number of aromatic amines is 1. The predicted octanol–water partition coefficient (Wildman–Crippen LogP) is 5.12. The first-order valence-electron chi connectivity index (χ1n) is 18.1. The highest BCUT2D eigenvalue weighted by Gasteiger charge is 2.69. The number of hydrogen-bond acceptors (Lipinski definition) is 13. The first-order valence-corrected chi connectivity index (χ1v) is 23.5. The van der Waals surface area contributed by atoms with Gasteiger partial charge in [0.05, 0.1) is 33.6 Å². The van der Waals surface area contributed by atoms with Crippen molar-refractivity contribution >= 4 is 27.2 Å². The van der Waals surface area contributed by atoms with E-state index in [0.29, 0.717) is 17.1 Å². The second-order valence-electron chi connectivity index (χ2n) is 15.3. The van der Waals surface area contributed by atoms with Crippen LogP contribution < -0.4 is 20.7 Å². The molecule has 5 rings (SSSR count). The van der Waals surface area contributed by atoms with E-state index in [-0.39, 0.29) is 40.0 Å². The Labute approximate surface area is 325 Å². The van der Waals surface area contributed by atoms with Crippen LogP contribution in [0.15, 0.2) is 40.2 Å². The van der Waals surface area contributed by atoms with Crippen LogP contribution in [0.3, 0.4) is 0 Å². The molecule has 2 aliphatic rings. The molecule has 3 aromatic rings. The number of aryl methyl sites for hydroxylation is 1. The number of H-pyrrole nitrogens is 1. The Kier molecular flexibility index (Phi) is 12.3. The number of rotatable bonds is 12. The number of hydrogen-bond donors (Lipinski definition) is 1. The maximum absolute atomic E-state index is 14.2. The smallest absolute Gasteiger partial charge is 0.497 e. The van der Waals surface area contributed by atoms with Crippen molar-refractivity contribution in [2.24, 2.45) is 0 Å². The van der Waals surface area contributed by atoms with Crippen LogP contribution in [0.2, 0.25) is 22.2 Å². The number of halogens is 3. The lowest BCUT2D eigenvalue weighted by molar-refractivity contribution is -0.143. The van der Waals surface area contributed by atoms with Crippen LogP contribution in [0.4, 0.5) is 13.2 Å². The van der Waals surface area contributed by atoms with Crippen molar-refractivity contribution < 1.29 is 52.9 Å². The van der Waals surface area contributed by atoms with Crippen molar-refractivity contribution in [3.63, 3.8) is 0 Å². The molecule has 0 saturated carbocycles. The number of benzene rings is 1. The fourth-order valence-corrected chi connectivity index (χ4v) is 19.3. The molecule has 1 unspecified atom stereocenters. The highest BCUT2D eigenvalue weighted by Crippen LogP contribution is 2.55. The van der Waals surface area contributed by atoms with Crippen LogP contribution in [-0.4, -0.2) is 88.6 Å². The zero-order chi connectivity index (χ0) is 41.8. The van der Waals surface area contributed by atoms with Crippen molar-refractivity contribution in [1.82, 2.24) is 24.5 Å². The molecular weight excluding hydrogens is 800 g/mol. The van der Waals surface area contributed by atoms with Gasteiger partial charge in [0.1, 0.15) is 23.3 Å². The van der Waals surface area contributed by atoms with Gasteiger partial charge < -0.3 is 27.2 Å². The average molecular weight is 850 g/mol. The molecule has 4 atom stereocenters. The Morgan fingerprint density at radius 1 is 0.982 bits per heavy atom. The molecule has 0 aliphatic carbocycles. The minimum absolute atomic E-state index is 0.0163. The lowest BCUT2D eigenvalue weighted by Gasteiger charge is -2.53. The number of aromatic nitrogens is 5. The molecule has 4 heterocycles. The Hall–Kier alpha value is -3.39. The standard InChI is InChI=1S/C34H50F3N5O11SSi2/c1-19(2)55(20(3)4)49-18-33(27-17-41(40-39-27)16-24-12-13-25(47-10)14-26(24)48-11)29(52-56(53-55,21(5)6)22(7)8)28(51-54(45,46)34(35,36)37)31(50-33)42-15-23(9)30(43)38-32(42)44/h12-15,17,19-22,28-29,31H,16,18H2,1-11H3,(H,38,43,44)/t28-,29?,31+,33-/m0/s1. The van der Waals surface area contributed by atoms with Crippen molar-refractivity contribution in [2.75, 3.05) is 20.8 Å². The lowest BCUT2D eigenvalue weighted by Crippen LogP contribution is -2.67. The highest BCUT2D eigenvalue weighted by molar-refractivity contribution is 7.87. The molecule has 16 nitrogen and oxygen atoms in total. The third-order valence-corrected chi connectivity index (χ3v) is 21.7. The van der Waals surface area contributed by atoms with Crippen molar-refractivity contribution in [3.05, 3.63) is 68.3 Å². The summed E-state index contributed by atoms with van der Waals surface area (Å²) in [5.41, 5.74) is -10.4. The molecule has 2 fully saturated rings. The van der Waals surface area contributed by atoms with Gasteiger partial charge in [0, 0.05) is 23.4 Å². The maximum Gasteiger partial charge on any atom is 0.523 e. The zero-order valence-corrected chi connectivity index (χ0v) is 36.0. The molecule has 0 spiro atoms. The van der Waals surface area contributed by atoms with E-state index in [4.69, 9.17) is 31.4 Å². The molecule has 1 N–H and O–H groups in total. The summed E-state index contributed by atoms with van der Waals surface area (Å²) in [6.45, 7) is 16.2. The number of nitrogens with zero attached hydrogens (tertiary/aromatic N) is 4. The number of ether oxygens (including phenoxy) is 3. The van der Waals surface area contributed by atoms with Gasteiger partial charge in [0.25, 0.3) is 5.56 Å². The fourth-order valence-electron chi connectivity index (χ4n) is 7.47. The summed E-state index contributed by atoms with van der Waals surface area (Å²) in [6.07, 6.45) is -3.40. The SMILES string of the molecule is COc1ccc(Cn2cc([C@@]34CO[Si](C(C)C)(C(C)C)O[Si](C(C)C)(C(C)C)OC3[C@H](OS(=O)(=O)C(F)(F)F)[C@H](n3cc(C)c(=O)[nH]c3=O)O4)nn2)c(OC)c1. The molecule has 0 radical (unpaired) electrons. The summed E-state index contributed by atoms with van der Waals surface area (Å²) >= 11 is 0. The Morgan fingerprint density at radius 3 is 2.16 bits per heavy atom. The third kappa shape index (κ3) is 7.65. The molecule has 22 heteroatoms. The Morgan fingerprint density at radius 2 is 1.61 bits per heavy atom. The minimum atomic E-state index is -6.38. The molecule has 2 saturated heterocycles. The van der Waals surface area contributed by atoms with Gasteiger partial charge in [-0.25, -0.2) is 9.48 Å². The van der Waals surface area contributed by atoms with E-state index in [9.17, 15) is 31.2 Å². The largest absolute Gasteiger partial charge is 0.523 e. The van der Waals surface area contributed by atoms with Gasteiger partial charge >= 0.3 is 38.4 Å². The molecule has 56 heavy (non-hydrogen) atoms. The zero-order valence-electron chi connectivity index (χ0n) is 33.2. The summed E-state index contributed by atoms with van der Waals surface area (Å²) in [7, 11) is -10.6. The van der Waals surface area contributed by atoms with E-state index >= 15 is 0 Å². The third-order valence-electron chi connectivity index (χ3n) is 10.5. The van der Waals surface area contributed by atoms with Gasteiger partial charge in [-0.05, 0) is 41.2 Å². The monoisotopic (exact) mass is 849 g/mol. The number of fused-ring (bicyclic) bond motifs is 1. The van der Waals surface area contributed by atoms with Crippen LogP contribution >= 0.6 is 0 Å². The minimum Gasteiger partial charge on any atom is -0.497 e. The van der Waals surface area contributed by atoms with Gasteiger partial charge in [-0.1, -0.05) is 60.6 Å². The maximum atomic E-state index is 14.2. The lowest BCUT2D eigenvalue weighted by atomic mass is 9.93. The predicted molar refractivity (Wildman–Crippen MR) is 200 cm³/mol. The van der Waals surface area contributed by atoms with Crippen molar-refractivity contribution in [1.29, 1.82) is 0 Å². The van der Waals surface area contributed by atoms with Crippen LogP contribution in [-0.2, 0) is 44.2 Å². The summed E-state index contributed by atoms with van der Waals surface area (Å²) < 4.78 is 115. The Balaban J connectivity index is 1.83. The van der Waals surface area contributed by atoms with Crippen LogP contribution in [0, 0.1) is 6.92 Å². The average Bonchev–Trinajstić information content (AvgIpc) is 3.68. The summed E-state index contributed by atoms with van der Waals surface area (Å²) in [6, 6.07) is 5.16. The van der Waals surface area contributed by atoms with Crippen LogP contribution in [0.1, 0.15) is 78.4 Å². The Bertz CT molecular complexity index is 2110. The van der Waals surface area contributed by atoms with E-state index in [0.717, 1.165) is 10.8 Å². The second-order valence-corrected chi connectivity index (χ2v) is 25.7. The van der Waals surface area contributed by atoms with E-state index in [1.807, 2.05) is 55.4 Å². The molecule has 0 bridgehead atoms. The topological polar surface area (TPSA) is 184 Å². The fraction of sp³-hybridized carbons (Fsp3) is 0.647. The van der Waals surface area contributed by atoms with Crippen molar-refractivity contribution in [3.8, 4) is 11.5 Å². The van der Waals surface area contributed by atoms with Gasteiger partial charge in [-0.15, -0.1) is 5.10 Å². The number of alkyl halides is 3. The molecule has 1 aromatic carbocycles. The van der Waals surface area contributed by atoms with Crippen LogP contribution in [0.25, 0.3) is 0 Å². The van der Waals surface area contributed by atoms with E-state index in [1.165, 1.54) is 32.0 Å².